The Morgan fingerprint density at radius 3 is 0.753 bits per heavy atom. The van der Waals surface area contributed by atoms with Gasteiger partial charge in [-0.1, -0.05) is 296 Å². The van der Waals surface area contributed by atoms with Crippen molar-refractivity contribution in [2.75, 3.05) is 13.2 Å². The molecule has 0 radical (unpaired) electrons. The fourth-order valence-electron chi connectivity index (χ4n) is 9.11. The summed E-state index contributed by atoms with van der Waals surface area (Å²) >= 11 is 0. The molecule has 6 heteroatoms. The molecule has 0 aliphatic carbocycles. The van der Waals surface area contributed by atoms with Gasteiger partial charge in [-0.2, -0.15) is 0 Å². The van der Waals surface area contributed by atoms with Gasteiger partial charge in [-0.05, 0) is 122 Å². The first kappa shape index (κ1) is 76.5. The van der Waals surface area contributed by atoms with Crippen molar-refractivity contribution in [2.24, 2.45) is 0 Å². The van der Waals surface area contributed by atoms with E-state index >= 15 is 0 Å². The molecule has 0 spiro atoms. The van der Waals surface area contributed by atoms with Crippen LogP contribution in [0.15, 0.2) is 134 Å². The number of unbranched alkanes of at least 4 members (excludes halogenated alkanes) is 27. The van der Waals surface area contributed by atoms with Gasteiger partial charge < -0.3 is 14.2 Å². The minimum atomic E-state index is -0.791. The number of carbonyl (C=O) groups excluding carboxylic acids is 3. The molecule has 0 saturated heterocycles. The van der Waals surface area contributed by atoms with Gasteiger partial charge in [0.2, 0.25) is 0 Å². The average molecular weight is 1120 g/mol. The Labute approximate surface area is 500 Å². The molecule has 0 aromatic rings. The third kappa shape index (κ3) is 66.2. The maximum Gasteiger partial charge on any atom is 0.306 e. The van der Waals surface area contributed by atoms with E-state index in [1.807, 2.05) is 0 Å². The van der Waals surface area contributed by atoms with Crippen molar-refractivity contribution in [2.45, 2.75) is 309 Å². The largest absolute Gasteiger partial charge is 0.462 e. The lowest BCUT2D eigenvalue weighted by atomic mass is 10.1. The van der Waals surface area contributed by atoms with Crippen LogP contribution in [-0.2, 0) is 28.6 Å². The van der Waals surface area contributed by atoms with E-state index in [1.165, 1.54) is 122 Å². The zero-order valence-corrected chi connectivity index (χ0v) is 52.8. The molecule has 0 bridgehead atoms. The van der Waals surface area contributed by atoms with Crippen molar-refractivity contribution in [3.8, 4) is 0 Å². The van der Waals surface area contributed by atoms with Crippen LogP contribution in [0.4, 0.5) is 0 Å². The van der Waals surface area contributed by atoms with Gasteiger partial charge >= 0.3 is 17.9 Å². The van der Waals surface area contributed by atoms with Crippen LogP contribution in [0.3, 0.4) is 0 Å². The minimum absolute atomic E-state index is 0.0867. The third-order valence-corrected chi connectivity index (χ3v) is 14.1. The molecule has 460 valence electrons. The molecule has 0 rings (SSSR count). The van der Waals surface area contributed by atoms with E-state index in [-0.39, 0.29) is 31.1 Å². The lowest BCUT2D eigenvalue weighted by molar-refractivity contribution is -0.167. The third-order valence-electron chi connectivity index (χ3n) is 14.1. The van der Waals surface area contributed by atoms with Gasteiger partial charge in [-0.25, -0.2) is 0 Å². The van der Waals surface area contributed by atoms with Crippen molar-refractivity contribution in [3.05, 3.63) is 134 Å². The van der Waals surface area contributed by atoms with Crippen LogP contribution in [0.5, 0.6) is 0 Å². The van der Waals surface area contributed by atoms with E-state index < -0.39 is 6.10 Å². The lowest BCUT2D eigenvalue weighted by Gasteiger charge is -2.18. The Hall–Kier alpha value is -4.45. The quantitative estimate of drug-likeness (QED) is 0.0261. The first-order chi connectivity index (χ1) is 40.0. The summed E-state index contributed by atoms with van der Waals surface area (Å²) in [4.78, 5) is 38.2. The number of allylic oxidation sites excluding steroid dienone is 22. The van der Waals surface area contributed by atoms with E-state index in [0.29, 0.717) is 19.3 Å². The Bertz CT molecular complexity index is 1720. The fourth-order valence-corrected chi connectivity index (χ4v) is 9.11. The number of esters is 3. The minimum Gasteiger partial charge on any atom is -0.462 e. The van der Waals surface area contributed by atoms with Crippen LogP contribution in [0.25, 0.3) is 0 Å². The molecule has 0 saturated carbocycles. The zero-order valence-electron chi connectivity index (χ0n) is 52.8. The predicted octanol–water partition coefficient (Wildman–Crippen LogP) is 23.3. The van der Waals surface area contributed by atoms with E-state index in [1.54, 1.807) is 0 Å². The second kappa shape index (κ2) is 68.1. The molecule has 0 aliphatic rings. The summed E-state index contributed by atoms with van der Waals surface area (Å²) in [5.41, 5.74) is 0. The van der Waals surface area contributed by atoms with Crippen LogP contribution in [0, 0.1) is 0 Å². The van der Waals surface area contributed by atoms with Crippen LogP contribution in [-0.4, -0.2) is 37.2 Å². The Morgan fingerprint density at radius 2 is 0.481 bits per heavy atom. The Kier molecular flexibility index (Phi) is 64.3. The molecule has 0 amide bonds. The molecule has 1 unspecified atom stereocenters. The van der Waals surface area contributed by atoms with Gasteiger partial charge in [-0.15, -0.1) is 0 Å². The van der Waals surface area contributed by atoms with Crippen LogP contribution < -0.4 is 0 Å². The highest BCUT2D eigenvalue weighted by Crippen LogP contribution is 2.15. The van der Waals surface area contributed by atoms with Crippen molar-refractivity contribution in [3.63, 3.8) is 0 Å². The second-order valence-corrected chi connectivity index (χ2v) is 22.0. The topological polar surface area (TPSA) is 78.9 Å². The molecular formula is C75H124O6. The molecular weight excluding hydrogens is 997 g/mol. The highest BCUT2D eigenvalue weighted by molar-refractivity contribution is 5.71. The molecule has 0 fully saturated rings. The molecule has 1 atom stereocenters. The maximum atomic E-state index is 12.9. The summed E-state index contributed by atoms with van der Waals surface area (Å²) < 4.78 is 16.9. The van der Waals surface area contributed by atoms with E-state index in [4.69, 9.17) is 14.2 Å². The molecule has 0 heterocycles. The monoisotopic (exact) mass is 1120 g/mol. The van der Waals surface area contributed by atoms with Crippen molar-refractivity contribution >= 4 is 17.9 Å². The number of rotatable bonds is 60. The SMILES string of the molecule is CC/C=C\C/C=C\C/C=C\C/C=C\C/C=C\C/C=C\C/C=C\C/C=C\C/C=C\CCCCCCCC(=O)OCC(COC(=O)CCCCCCCCCCC)OC(=O)CCCCCCCCCCC/C=C\C/C=C\CCCCCCC. The Balaban J connectivity index is 4.26. The number of carbonyl (C=O) groups is 3. The summed E-state index contributed by atoms with van der Waals surface area (Å²) in [7, 11) is 0. The zero-order chi connectivity index (χ0) is 58.5. The highest BCUT2D eigenvalue weighted by Gasteiger charge is 2.19. The first-order valence-corrected chi connectivity index (χ1v) is 33.7. The molecule has 0 aliphatic heterocycles. The summed E-state index contributed by atoms with van der Waals surface area (Å²) in [5.74, 6) is -0.909. The van der Waals surface area contributed by atoms with Crippen LogP contribution in [0.2, 0.25) is 0 Å². The van der Waals surface area contributed by atoms with Gasteiger partial charge in [0, 0.05) is 19.3 Å². The van der Waals surface area contributed by atoms with Crippen LogP contribution >= 0.6 is 0 Å². The number of hydrogen-bond acceptors (Lipinski definition) is 6. The summed E-state index contributed by atoms with van der Waals surface area (Å²) in [6, 6.07) is 0. The summed E-state index contributed by atoms with van der Waals surface area (Å²) in [6.07, 6.45) is 96.1. The molecule has 81 heavy (non-hydrogen) atoms. The molecule has 0 aromatic heterocycles. The second-order valence-electron chi connectivity index (χ2n) is 22.0. The number of ether oxygens (including phenoxy) is 3. The molecule has 0 N–H and O–H groups in total. The predicted molar refractivity (Wildman–Crippen MR) is 353 cm³/mol. The lowest BCUT2D eigenvalue weighted by Crippen LogP contribution is -2.30. The van der Waals surface area contributed by atoms with Crippen molar-refractivity contribution < 1.29 is 28.6 Å². The van der Waals surface area contributed by atoms with Gasteiger partial charge in [0.1, 0.15) is 13.2 Å². The van der Waals surface area contributed by atoms with Crippen molar-refractivity contribution in [1.82, 2.24) is 0 Å². The average Bonchev–Trinajstić information content (AvgIpc) is 3.47. The normalized spacial score (nSPS) is 13.0. The molecule has 0 aromatic carbocycles. The standard InChI is InChI=1S/C75H124O6/c1-4-7-10-13-16-19-21-23-25-27-29-31-32-33-34-35-36-37-38-39-40-41-42-44-45-47-49-51-53-56-59-62-65-68-74(77)80-71-72(70-79-73(76)67-64-61-58-55-18-15-12-9-6-3)81-75(78)69-66-63-60-57-54-52-50-48-46-43-30-28-26-24-22-20-17-14-11-8-5-2/h7,10,16,19,22-25,28-31,33-34,36-37,39-40,42,44,47,49,72H,4-6,8-9,11-15,17-18,20-21,26-27,32,35,38,41,43,45-46,48,50-71H2,1-3H3/b10-7-,19-16-,24-22-,25-23-,30-28-,31-29-,34-33-,37-36-,40-39-,44-42-,49-47-. The number of hydrogen-bond donors (Lipinski definition) is 0. The van der Waals surface area contributed by atoms with E-state index in [0.717, 1.165) is 141 Å². The smallest absolute Gasteiger partial charge is 0.306 e. The summed E-state index contributed by atoms with van der Waals surface area (Å²) in [5, 5.41) is 0. The first-order valence-electron chi connectivity index (χ1n) is 33.7. The highest BCUT2D eigenvalue weighted by atomic mass is 16.6. The van der Waals surface area contributed by atoms with Gasteiger partial charge in [-0.3, -0.25) is 14.4 Å². The van der Waals surface area contributed by atoms with Gasteiger partial charge in [0.15, 0.2) is 6.10 Å². The maximum absolute atomic E-state index is 12.9. The molecule has 6 nitrogen and oxygen atoms in total. The van der Waals surface area contributed by atoms with Crippen molar-refractivity contribution in [1.29, 1.82) is 0 Å². The van der Waals surface area contributed by atoms with E-state index in [2.05, 4.69) is 154 Å². The Morgan fingerprint density at radius 1 is 0.259 bits per heavy atom. The fraction of sp³-hybridized carbons (Fsp3) is 0.667. The van der Waals surface area contributed by atoms with Crippen LogP contribution in [0.1, 0.15) is 303 Å². The van der Waals surface area contributed by atoms with E-state index in [9.17, 15) is 14.4 Å². The van der Waals surface area contributed by atoms with Gasteiger partial charge in [0.05, 0.1) is 0 Å². The van der Waals surface area contributed by atoms with Gasteiger partial charge in [0.25, 0.3) is 0 Å². The summed E-state index contributed by atoms with van der Waals surface area (Å²) in [6.45, 7) is 6.49.